The highest BCUT2D eigenvalue weighted by Crippen LogP contribution is 2.01. The predicted octanol–water partition coefficient (Wildman–Crippen LogP) is 1.82. The van der Waals surface area contributed by atoms with Gasteiger partial charge in [-0.15, -0.1) is 0 Å². The van der Waals surface area contributed by atoms with E-state index in [1.165, 1.54) is 6.20 Å². The first-order chi connectivity index (χ1) is 8.72. The van der Waals surface area contributed by atoms with Gasteiger partial charge in [0.05, 0.1) is 11.9 Å². The second-order valence-corrected chi connectivity index (χ2v) is 3.31. The largest absolute Gasteiger partial charge is 0.338 e. The number of carbonyl (C=O) groups is 2. The van der Waals surface area contributed by atoms with Crippen LogP contribution in [0.4, 0.5) is 10.5 Å². The van der Waals surface area contributed by atoms with Crippen molar-refractivity contribution in [2.45, 2.75) is 12.8 Å². The Balaban J connectivity index is 2.18. The fourth-order valence-electron chi connectivity index (χ4n) is 1.15. The summed E-state index contributed by atoms with van der Waals surface area (Å²) < 4.78 is 0. The van der Waals surface area contributed by atoms with Crippen molar-refractivity contribution >= 4 is 17.6 Å². The van der Waals surface area contributed by atoms with Crippen LogP contribution in [0, 0.1) is 0 Å². The zero-order chi connectivity index (χ0) is 13.2. The molecule has 0 radical (unpaired) electrons. The molecule has 2 N–H and O–H groups in total. The standard InChI is InChI=1S/C10H12N6O2/c11-16-15-9(17)4-2-6-13-10(18)14-8-3-1-5-12-7-8/h1,3,5,7H,2,4,6H2,(H2,13,14,18). The summed E-state index contributed by atoms with van der Waals surface area (Å²) >= 11 is 0. The summed E-state index contributed by atoms with van der Waals surface area (Å²) in [7, 11) is 0. The lowest BCUT2D eigenvalue weighted by Crippen LogP contribution is -2.29. The highest BCUT2D eigenvalue weighted by Gasteiger charge is 2.02. The zero-order valence-corrected chi connectivity index (χ0v) is 9.54. The molecule has 0 bridgehead atoms. The van der Waals surface area contributed by atoms with Gasteiger partial charge in [0, 0.05) is 24.1 Å². The molecule has 0 saturated carbocycles. The van der Waals surface area contributed by atoms with Gasteiger partial charge in [0.25, 0.3) is 0 Å². The van der Waals surface area contributed by atoms with Gasteiger partial charge in [0.2, 0.25) is 5.91 Å². The zero-order valence-electron chi connectivity index (χ0n) is 9.54. The third kappa shape index (κ3) is 5.47. The van der Waals surface area contributed by atoms with Gasteiger partial charge in [0.15, 0.2) is 0 Å². The number of carbonyl (C=O) groups excluding carboxylic acids is 2. The van der Waals surface area contributed by atoms with Crippen LogP contribution in [0.25, 0.3) is 10.4 Å². The van der Waals surface area contributed by atoms with Crippen LogP contribution >= 0.6 is 0 Å². The Hall–Kier alpha value is -2.60. The van der Waals surface area contributed by atoms with E-state index in [1.807, 2.05) is 0 Å². The molecule has 0 saturated heterocycles. The van der Waals surface area contributed by atoms with Crippen molar-refractivity contribution in [1.82, 2.24) is 10.3 Å². The maximum absolute atomic E-state index is 11.4. The summed E-state index contributed by atoms with van der Waals surface area (Å²) in [4.78, 5) is 28.4. The quantitative estimate of drug-likeness (QED) is 0.358. The molecule has 18 heavy (non-hydrogen) atoms. The summed E-state index contributed by atoms with van der Waals surface area (Å²) in [6, 6.07) is 3.03. The average Bonchev–Trinajstić information content (AvgIpc) is 2.36. The minimum absolute atomic E-state index is 0.108. The highest BCUT2D eigenvalue weighted by atomic mass is 16.2. The van der Waals surface area contributed by atoms with Gasteiger partial charge in [-0.25, -0.2) is 4.79 Å². The molecule has 1 aromatic rings. The number of anilines is 1. The van der Waals surface area contributed by atoms with E-state index < -0.39 is 5.91 Å². The highest BCUT2D eigenvalue weighted by molar-refractivity contribution is 5.88. The van der Waals surface area contributed by atoms with Gasteiger partial charge in [-0.2, -0.15) is 0 Å². The second kappa shape index (κ2) is 7.64. The van der Waals surface area contributed by atoms with Crippen LogP contribution in [0.1, 0.15) is 12.8 Å². The molecule has 0 spiro atoms. The molecule has 0 aliphatic rings. The molecule has 1 rings (SSSR count). The smallest absolute Gasteiger partial charge is 0.319 e. The number of urea groups is 1. The van der Waals surface area contributed by atoms with Crippen LogP contribution in [0.15, 0.2) is 29.6 Å². The summed E-state index contributed by atoms with van der Waals surface area (Å²) in [6.07, 6.45) is 3.64. The Morgan fingerprint density at radius 3 is 3.00 bits per heavy atom. The Labute approximate surface area is 103 Å². The van der Waals surface area contributed by atoms with Gasteiger partial charge in [-0.1, -0.05) is 0 Å². The summed E-state index contributed by atoms with van der Waals surface area (Å²) in [5.74, 6) is -0.535. The van der Waals surface area contributed by atoms with Crippen LogP contribution in [-0.2, 0) is 4.79 Å². The van der Waals surface area contributed by atoms with Crippen molar-refractivity contribution in [3.63, 3.8) is 0 Å². The average molecular weight is 248 g/mol. The van der Waals surface area contributed by atoms with Gasteiger partial charge in [-0.05, 0) is 29.2 Å². The normalized spacial score (nSPS) is 9.11. The van der Waals surface area contributed by atoms with Crippen molar-refractivity contribution in [1.29, 1.82) is 0 Å². The Morgan fingerprint density at radius 1 is 1.50 bits per heavy atom. The lowest BCUT2D eigenvalue weighted by molar-refractivity contribution is -0.118. The van der Waals surface area contributed by atoms with Gasteiger partial charge in [-0.3, -0.25) is 9.78 Å². The molecule has 0 unspecified atom stereocenters. The van der Waals surface area contributed by atoms with E-state index in [1.54, 1.807) is 18.3 Å². The molecule has 0 aromatic carbocycles. The summed E-state index contributed by atoms with van der Waals surface area (Å²) in [5, 5.41) is 8.05. The van der Waals surface area contributed by atoms with E-state index in [9.17, 15) is 9.59 Å². The number of rotatable bonds is 5. The summed E-state index contributed by atoms with van der Waals surface area (Å²) in [6.45, 7) is 0.318. The number of pyridine rings is 1. The lowest BCUT2D eigenvalue weighted by atomic mass is 10.3. The van der Waals surface area contributed by atoms with Crippen LogP contribution in [0.3, 0.4) is 0 Å². The number of nitrogens with zero attached hydrogens (tertiary/aromatic N) is 4. The molecule has 8 heteroatoms. The first-order valence-electron chi connectivity index (χ1n) is 5.25. The van der Waals surface area contributed by atoms with Gasteiger partial charge >= 0.3 is 6.03 Å². The number of hydrogen-bond donors (Lipinski definition) is 2. The van der Waals surface area contributed by atoms with Crippen molar-refractivity contribution in [2.24, 2.45) is 5.11 Å². The van der Waals surface area contributed by atoms with E-state index in [-0.39, 0.29) is 12.5 Å². The molecular weight excluding hydrogens is 236 g/mol. The molecule has 1 heterocycles. The van der Waals surface area contributed by atoms with Crippen LogP contribution in [0.2, 0.25) is 0 Å². The maximum atomic E-state index is 11.4. The van der Waals surface area contributed by atoms with E-state index in [0.717, 1.165) is 0 Å². The first kappa shape index (κ1) is 13.5. The third-order valence-electron chi connectivity index (χ3n) is 1.93. The van der Waals surface area contributed by atoms with Crippen molar-refractivity contribution in [3.8, 4) is 0 Å². The van der Waals surface area contributed by atoms with Crippen LogP contribution < -0.4 is 10.6 Å². The fraction of sp³-hybridized carbons (Fsp3) is 0.300. The monoisotopic (exact) mass is 248 g/mol. The molecule has 0 atom stereocenters. The minimum Gasteiger partial charge on any atom is -0.338 e. The van der Waals surface area contributed by atoms with E-state index in [2.05, 4.69) is 25.6 Å². The van der Waals surface area contributed by atoms with E-state index >= 15 is 0 Å². The lowest BCUT2D eigenvalue weighted by Gasteiger charge is -2.06. The van der Waals surface area contributed by atoms with E-state index in [4.69, 9.17) is 5.53 Å². The van der Waals surface area contributed by atoms with Crippen molar-refractivity contribution in [3.05, 3.63) is 35.0 Å². The van der Waals surface area contributed by atoms with Crippen LogP contribution in [-0.4, -0.2) is 23.5 Å². The predicted molar refractivity (Wildman–Crippen MR) is 64.6 cm³/mol. The number of aromatic nitrogens is 1. The second-order valence-electron chi connectivity index (χ2n) is 3.31. The van der Waals surface area contributed by atoms with Gasteiger partial charge < -0.3 is 10.6 Å². The topological polar surface area (TPSA) is 120 Å². The molecule has 94 valence electrons. The van der Waals surface area contributed by atoms with Crippen LogP contribution in [0.5, 0.6) is 0 Å². The Morgan fingerprint density at radius 2 is 2.33 bits per heavy atom. The first-order valence-corrected chi connectivity index (χ1v) is 5.25. The maximum Gasteiger partial charge on any atom is 0.319 e. The molecule has 0 aliphatic heterocycles. The number of hydrogen-bond acceptors (Lipinski definition) is 3. The minimum atomic E-state index is -0.535. The summed E-state index contributed by atoms with van der Waals surface area (Å²) in [5.41, 5.74) is 8.58. The molecule has 1 aromatic heterocycles. The number of azide groups is 1. The fourth-order valence-corrected chi connectivity index (χ4v) is 1.15. The SMILES string of the molecule is [N-]=[N+]=NC(=O)CCCNC(=O)Nc1cccnc1. The number of nitrogens with one attached hydrogen (secondary N) is 2. The van der Waals surface area contributed by atoms with Crippen molar-refractivity contribution in [2.75, 3.05) is 11.9 Å². The molecule has 0 fully saturated rings. The Kier molecular flexibility index (Phi) is 5.71. The Bertz CT molecular complexity index is 455. The number of amides is 3. The molecular formula is C10H12N6O2. The molecule has 0 aliphatic carbocycles. The van der Waals surface area contributed by atoms with Gasteiger partial charge in [0.1, 0.15) is 0 Å². The van der Waals surface area contributed by atoms with E-state index in [0.29, 0.717) is 18.7 Å². The molecule has 8 nitrogen and oxygen atoms in total. The third-order valence-corrected chi connectivity index (χ3v) is 1.93. The van der Waals surface area contributed by atoms with Crippen molar-refractivity contribution < 1.29 is 9.59 Å². The molecule has 3 amide bonds.